The summed E-state index contributed by atoms with van der Waals surface area (Å²) in [5.74, 6) is -2.09. The van der Waals surface area contributed by atoms with Crippen LogP contribution in [0, 0.1) is 0 Å². The van der Waals surface area contributed by atoms with Crippen molar-refractivity contribution in [2.45, 2.75) is 0 Å². The lowest BCUT2D eigenvalue weighted by atomic mass is 10.5. The number of aromatic amines is 2. The molecule has 0 saturated heterocycles. The first kappa shape index (κ1) is 8.99. The minimum Gasteiger partial charge on any atom is -0.382 e. The van der Waals surface area contributed by atoms with Crippen molar-refractivity contribution in [2.75, 3.05) is 0 Å². The van der Waals surface area contributed by atoms with E-state index in [2.05, 4.69) is 35.3 Å². The number of aromatic nitrogens is 6. The maximum Gasteiger partial charge on any atom is 0.385 e. The topological polar surface area (TPSA) is 127 Å². The van der Waals surface area contributed by atoms with Crippen molar-refractivity contribution in [2.24, 2.45) is 0 Å². The molecule has 2 aromatic rings. The van der Waals surface area contributed by atoms with Crippen molar-refractivity contribution in [3.63, 3.8) is 0 Å². The smallest absolute Gasteiger partial charge is 0.382 e. The standard InChI is InChI=1S/C6H4N6O3/c13-5(3-1-7-2-8-3)15-6(14)4-9-11-12-10-4/h1-2H,(H,7,8)(H,9,10,11,12). The SMILES string of the molecule is O=C(OC(=O)c1nnn[nH]1)c1c[nH]cn1. The summed E-state index contributed by atoms with van der Waals surface area (Å²) in [4.78, 5) is 28.5. The van der Waals surface area contributed by atoms with Gasteiger partial charge in [-0.3, -0.25) is 0 Å². The quantitative estimate of drug-likeness (QED) is 0.474. The fourth-order valence-corrected chi connectivity index (χ4v) is 0.802. The molecule has 2 aromatic heterocycles. The van der Waals surface area contributed by atoms with Crippen LogP contribution in [0.15, 0.2) is 12.5 Å². The molecule has 9 nitrogen and oxygen atoms in total. The van der Waals surface area contributed by atoms with Crippen molar-refractivity contribution in [3.8, 4) is 0 Å². The Labute approximate surface area is 81.9 Å². The van der Waals surface area contributed by atoms with Gasteiger partial charge in [-0.15, -0.1) is 5.10 Å². The Bertz CT molecular complexity index is 417. The summed E-state index contributed by atoms with van der Waals surface area (Å²) in [7, 11) is 0. The van der Waals surface area contributed by atoms with E-state index in [0.717, 1.165) is 0 Å². The molecule has 0 atom stereocenters. The lowest BCUT2D eigenvalue weighted by Crippen LogP contribution is -2.14. The number of esters is 2. The predicted molar refractivity (Wildman–Crippen MR) is 42.5 cm³/mol. The van der Waals surface area contributed by atoms with Gasteiger partial charge in [0.15, 0.2) is 5.69 Å². The summed E-state index contributed by atoms with van der Waals surface area (Å²) in [5.41, 5.74) is -0.00387. The molecule has 0 aromatic carbocycles. The number of nitrogens with one attached hydrogen (secondary N) is 2. The lowest BCUT2D eigenvalue weighted by molar-refractivity contribution is 0.0385. The van der Waals surface area contributed by atoms with Gasteiger partial charge in [-0.25, -0.2) is 19.7 Å². The molecular formula is C6H4N6O3. The first-order valence-corrected chi connectivity index (χ1v) is 3.76. The third kappa shape index (κ3) is 1.85. The maximum absolute atomic E-state index is 11.2. The highest BCUT2D eigenvalue weighted by atomic mass is 16.6. The van der Waals surface area contributed by atoms with E-state index in [-0.39, 0.29) is 11.5 Å². The van der Waals surface area contributed by atoms with Crippen molar-refractivity contribution in [1.82, 2.24) is 30.6 Å². The first-order valence-electron chi connectivity index (χ1n) is 3.76. The molecular weight excluding hydrogens is 204 g/mol. The largest absolute Gasteiger partial charge is 0.385 e. The number of H-pyrrole nitrogens is 2. The van der Waals surface area contributed by atoms with Gasteiger partial charge >= 0.3 is 11.9 Å². The zero-order chi connectivity index (χ0) is 10.7. The Hall–Kier alpha value is -2.58. The van der Waals surface area contributed by atoms with E-state index in [1.54, 1.807) is 0 Å². The molecule has 15 heavy (non-hydrogen) atoms. The highest BCUT2D eigenvalue weighted by Gasteiger charge is 2.18. The number of nitrogens with zero attached hydrogens (tertiary/aromatic N) is 4. The van der Waals surface area contributed by atoms with Crippen molar-refractivity contribution in [1.29, 1.82) is 0 Å². The zero-order valence-corrected chi connectivity index (χ0v) is 7.17. The van der Waals surface area contributed by atoms with E-state index in [0.29, 0.717) is 0 Å². The summed E-state index contributed by atoms with van der Waals surface area (Å²) in [5, 5.41) is 11.8. The van der Waals surface area contributed by atoms with Crippen molar-refractivity contribution >= 4 is 11.9 Å². The molecule has 0 unspecified atom stereocenters. The first-order chi connectivity index (χ1) is 7.27. The van der Waals surface area contributed by atoms with E-state index in [1.165, 1.54) is 12.5 Å². The number of ether oxygens (including phenoxy) is 1. The second-order valence-corrected chi connectivity index (χ2v) is 2.38. The molecule has 0 radical (unpaired) electrons. The molecule has 9 heteroatoms. The molecule has 0 bridgehead atoms. The van der Waals surface area contributed by atoms with Gasteiger partial charge in [0.1, 0.15) is 0 Å². The van der Waals surface area contributed by atoms with Gasteiger partial charge in [-0.05, 0) is 10.4 Å². The summed E-state index contributed by atoms with van der Waals surface area (Å²) in [6.07, 6.45) is 2.59. The van der Waals surface area contributed by atoms with Gasteiger partial charge in [-0.1, -0.05) is 0 Å². The fourth-order valence-electron chi connectivity index (χ4n) is 0.802. The third-order valence-corrected chi connectivity index (χ3v) is 1.43. The minimum atomic E-state index is -0.965. The van der Waals surface area contributed by atoms with E-state index < -0.39 is 11.9 Å². The van der Waals surface area contributed by atoms with Crippen LogP contribution in [-0.2, 0) is 4.74 Å². The van der Waals surface area contributed by atoms with E-state index >= 15 is 0 Å². The minimum absolute atomic E-state index is 0.00387. The van der Waals surface area contributed by atoms with Crippen LogP contribution in [0.2, 0.25) is 0 Å². The summed E-state index contributed by atoms with van der Waals surface area (Å²) in [6.45, 7) is 0. The third-order valence-electron chi connectivity index (χ3n) is 1.43. The molecule has 0 fully saturated rings. The van der Waals surface area contributed by atoms with Crippen LogP contribution in [0.1, 0.15) is 21.1 Å². The number of carbonyl (C=O) groups is 2. The lowest BCUT2D eigenvalue weighted by Gasteiger charge is -1.95. The number of imidazole rings is 1. The number of tetrazole rings is 1. The molecule has 0 aliphatic carbocycles. The average Bonchev–Trinajstić information content (AvgIpc) is 2.91. The van der Waals surface area contributed by atoms with Gasteiger partial charge in [0.25, 0.3) is 5.82 Å². The Morgan fingerprint density at radius 2 is 2.20 bits per heavy atom. The molecule has 2 N–H and O–H groups in total. The van der Waals surface area contributed by atoms with Crippen LogP contribution < -0.4 is 0 Å². The van der Waals surface area contributed by atoms with Gasteiger partial charge in [-0.2, -0.15) is 0 Å². The van der Waals surface area contributed by atoms with E-state index in [9.17, 15) is 9.59 Å². The van der Waals surface area contributed by atoms with Gasteiger partial charge in [0.05, 0.1) is 6.33 Å². The number of rotatable bonds is 2. The summed E-state index contributed by atoms with van der Waals surface area (Å²) >= 11 is 0. The molecule has 0 aliphatic heterocycles. The fraction of sp³-hybridized carbons (Fsp3) is 0. The Kier molecular flexibility index (Phi) is 2.19. The zero-order valence-electron chi connectivity index (χ0n) is 7.17. The highest BCUT2D eigenvalue weighted by molar-refractivity contribution is 5.99. The van der Waals surface area contributed by atoms with E-state index in [1.807, 2.05) is 0 Å². The Morgan fingerprint density at radius 1 is 1.33 bits per heavy atom. The monoisotopic (exact) mass is 208 g/mol. The second kappa shape index (κ2) is 3.65. The van der Waals surface area contributed by atoms with Crippen LogP contribution in [0.25, 0.3) is 0 Å². The van der Waals surface area contributed by atoms with Crippen LogP contribution in [0.5, 0.6) is 0 Å². The van der Waals surface area contributed by atoms with E-state index in [4.69, 9.17) is 0 Å². The Morgan fingerprint density at radius 3 is 2.80 bits per heavy atom. The van der Waals surface area contributed by atoms with Gasteiger partial charge < -0.3 is 9.72 Å². The highest BCUT2D eigenvalue weighted by Crippen LogP contribution is 1.98. The average molecular weight is 208 g/mol. The second-order valence-electron chi connectivity index (χ2n) is 2.38. The van der Waals surface area contributed by atoms with Crippen molar-refractivity contribution < 1.29 is 14.3 Å². The maximum atomic E-state index is 11.2. The van der Waals surface area contributed by atoms with Crippen LogP contribution in [0.3, 0.4) is 0 Å². The summed E-state index contributed by atoms with van der Waals surface area (Å²) < 4.78 is 4.41. The molecule has 0 spiro atoms. The van der Waals surface area contributed by atoms with Gasteiger partial charge in [0, 0.05) is 6.20 Å². The van der Waals surface area contributed by atoms with Crippen LogP contribution in [-0.4, -0.2) is 42.5 Å². The number of hydrogen-bond donors (Lipinski definition) is 2. The van der Waals surface area contributed by atoms with Crippen LogP contribution >= 0.6 is 0 Å². The molecule has 76 valence electrons. The molecule has 2 heterocycles. The molecule has 0 aliphatic rings. The molecule has 2 rings (SSSR count). The molecule has 0 amide bonds. The Balaban J connectivity index is 2.04. The van der Waals surface area contributed by atoms with Gasteiger partial charge in [0.2, 0.25) is 0 Å². The van der Waals surface area contributed by atoms with Crippen molar-refractivity contribution in [3.05, 3.63) is 24.0 Å². The predicted octanol–water partition coefficient (Wildman–Crippen LogP) is -1.08. The van der Waals surface area contributed by atoms with Crippen LogP contribution in [0.4, 0.5) is 0 Å². The number of carbonyl (C=O) groups excluding carboxylic acids is 2. The molecule has 0 saturated carbocycles. The number of hydrogen-bond acceptors (Lipinski definition) is 7. The summed E-state index contributed by atoms with van der Waals surface area (Å²) in [6, 6.07) is 0. The normalized spacial score (nSPS) is 9.87.